The molecule has 0 aliphatic carbocycles. The van der Waals surface area contributed by atoms with Crippen molar-refractivity contribution >= 4 is 29.0 Å². The highest BCUT2D eigenvalue weighted by Gasteiger charge is 2.14. The summed E-state index contributed by atoms with van der Waals surface area (Å²) in [5.74, 6) is 0.458. The van der Waals surface area contributed by atoms with E-state index in [2.05, 4.69) is 15.4 Å². The number of nitrogens with zero attached hydrogens (tertiary/aromatic N) is 3. The molecular formula is C20H22ClN5O2. The van der Waals surface area contributed by atoms with Crippen LogP contribution in [0.3, 0.4) is 0 Å². The first-order chi connectivity index (χ1) is 13.3. The van der Waals surface area contributed by atoms with E-state index in [4.69, 9.17) is 22.1 Å². The van der Waals surface area contributed by atoms with E-state index in [-0.39, 0.29) is 23.9 Å². The van der Waals surface area contributed by atoms with Crippen LogP contribution in [0, 0.1) is 0 Å². The predicted molar refractivity (Wildman–Crippen MR) is 110 cm³/mol. The van der Waals surface area contributed by atoms with E-state index in [1.807, 2.05) is 45.0 Å². The third-order valence-electron chi connectivity index (χ3n) is 4.16. The van der Waals surface area contributed by atoms with Gasteiger partial charge in [-0.05, 0) is 38.5 Å². The summed E-state index contributed by atoms with van der Waals surface area (Å²) in [6.45, 7) is 5.89. The van der Waals surface area contributed by atoms with Gasteiger partial charge in [-0.25, -0.2) is 4.98 Å². The zero-order valence-electron chi connectivity index (χ0n) is 15.9. The van der Waals surface area contributed by atoms with Crippen LogP contribution in [0.25, 0.3) is 0 Å². The van der Waals surface area contributed by atoms with Crippen molar-refractivity contribution in [3.63, 3.8) is 0 Å². The number of nitrogen functional groups attached to an aromatic ring is 1. The first-order valence-corrected chi connectivity index (χ1v) is 9.24. The Kier molecular flexibility index (Phi) is 5.84. The number of anilines is 2. The van der Waals surface area contributed by atoms with Gasteiger partial charge in [-0.1, -0.05) is 23.7 Å². The van der Waals surface area contributed by atoms with Crippen molar-refractivity contribution in [2.75, 3.05) is 11.1 Å². The van der Waals surface area contributed by atoms with Crippen LogP contribution in [-0.4, -0.2) is 20.7 Å². The molecule has 0 saturated carbocycles. The minimum atomic E-state index is -0.317. The lowest BCUT2D eigenvalue weighted by Crippen LogP contribution is -2.12. The number of hydrogen-bond acceptors (Lipinski definition) is 5. The monoisotopic (exact) mass is 399 g/mol. The Morgan fingerprint density at radius 1 is 1.25 bits per heavy atom. The second kappa shape index (κ2) is 8.31. The van der Waals surface area contributed by atoms with E-state index in [0.717, 1.165) is 5.56 Å². The Bertz CT molecular complexity index is 986. The van der Waals surface area contributed by atoms with Crippen LogP contribution in [0.5, 0.6) is 5.75 Å². The van der Waals surface area contributed by atoms with Gasteiger partial charge >= 0.3 is 0 Å². The SMILES string of the molecule is CC(C)n1cc(C(=O)Nc2cccc([C@@H](C)Oc3cc(Cl)cnc3N)c2)cn1. The Morgan fingerprint density at radius 3 is 2.75 bits per heavy atom. The van der Waals surface area contributed by atoms with Gasteiger partial charge in [0.1, 0.15) is 6.10 Å². The van der Waals surface area contributed by atoms with Crippen LogP contribution < -0.4 is 15.8 Å². The largest absolute Gasteiger partial charge is 0.482 e. The maximum absolute atomic E-state index is 12.5. The molecule has 0 aliphatic heterocycles. The van der Waals surface area contributed by atoms with Gasteiger partial charge in [0.2, 0.25) is 0 Å². The lowest BCUT2D eigenvalue weighted by atomic mass is 10.1. The summed E-state index contributed by atoms with van der Waals surface area (Å²) in [4.78, 5) is 16.5. The van der Waals surface area contributed by atoms with Crippen molar-refractivity contribution in [1.29, 1.82) is 0 Å². The van der Waals surface area contributed by atoms with Gasteiger partial charge in [0.25, 0.3) is 5.91 Å². The number of nitrogens with two attached hydrogens (primary N) is 1. The molecule has 28 heavy (non-hydrogen) atoms. The number of amides is 1. The van der Waals surface area contributed by atoms with Gasteiger partial charge in [-0.15, -0.1) is 0 Å². The highest BCUT2D eigenvalue weighted by molar-refractivity contribution is 6.30. The fourth-order valence-corrected chi connectivity index (χ4v) is 2.74. The van der Waals surface area contributed by atoms with Crippen molar-refractivity contribution in [2.24, 2.45) is 0 Å². The quantitative estimate of drug-likeness (QED) is 0.636. The molecule has 2 aromatic heterocycles. The van der Waals surface area contributed by atoms with E-state index in [0.29, 0.717) is 22.0 Å². The number of rotatable bonds is 6. The molecule has 1 aromatic carbocycles. The zero-order valence-corrected chi connectivity index (χ0v) is 16.6. The minimum absolute atomic E-state index is 0.191. The van der Waals surface area contributed by atoms with Gasteiger partial charge in [0.05, 0.1) is 16.8 Å². The Morgan fingerprint density at radius 2 is 2.04 bits per heavy atom. The standard InChI is InChI=1S/C20H22ClN5O2/c1-12(2)26-11-15(9-24-26)20(27)25-17-6-4-5-14(7-17)13(3)28-18-8-16(21)10-23-19(18)22/h4-13H,1-3H3,(H2,22,23)(H,25,27)/t13-/m1/s1. The van der Waals surface area contributed by atoms with Crippen molar-refractivity contribution in [3.05, 3.63) is 65.1 Å². The van der Waals surface area contributed by atoms with Crippen LogP contribution in [-0.2, 0) is 0 Å². The summed E-state index contributed by atoms with van der Waals surface area (Å²) >= 11 is 5.96. The molecule has 0 aliphatic rings. The molecule has 146 valence electrons. The molecule has 2 heterocycles. The first-order valence-electron chi connectivity index (χ1n) is 8.86. The Hall–Kier alpha value is -3.06. The number of benzene rings is 1. The van der Waals surface area contributed by atoms with Crippen molar-refractivity contribution < 1.29 is 9.53 Å². The summed E-state index contributed by atoms with van der Waals surface area (Å²) in [7, 11) is 0. The molecule has 7 nitrogen and oxygen atoms in total. The Labute approximate surface area is 168 Å². The molecule has 1 amide bonds. The number of carbonyl (C=O) groups excluding carboxylic acids is 1. The van der Waals surface area contributed by atoms with E-state index < -0.39 is 0 Å². The molecule has 1 atom stereocenters. The van der Waals surface area contributed by atoms with E-state index >= 15 is 0 Å². The van der Waals surface area contributed by atoms with Crippen LogP contribution in [0.1, 0.15) is 48.8 Å². The number of pyridine rings is 1. The molecule has 0 saturated heterocycles. The fourth-order valence-electron chi connectivity index (χ4n) is 2.59. The molecule has 3 aromatic rings. The van der Waals surface area contributed by atoms with E-state index in [1.165, 1.54) is 6.20 Å². The summed E-state index contributed by atoms with van der Waals surface area (Å²) in [6.07, 6.45) is 4.43. The number of hydrogen-bond donors (Lipinski definition) is 2. The molecule has 0 unspecified atom stereocenters. The highest BCUT2D eigenvalue weighted by Crippen LogP contribution is 2.29. The number of carbonyl (C=O) groups is 1. The van der Waals surface area contributed by atoms with Gasteiger partial charge in [0.15, 0.2) is 11.6 Å². The van der Waals surface area contributed by atoms with Crippen molar-refractivity contribution in [3.8, 4) is 5.75 Å². The molecule has 0 fully saturated rings. The summed E-state index contributed by atoms with van der Waals surface area (Å²) in [5, 5.41) is 7.52. The first kappa shape index (κ1) is 19.7. The van der Waals surface area contributed by atoms with Crippen LogP contribution in [0.15, 0.2) is 48.9 Å². The van der Waals surface area contributed by atoms with Gasteiger partial charge in [-0.2, -0.15) is 5.10 Å². The second-order valence-corrected chi connectivity index (χ2v) is 7.12. The van der Waals surface area contributed by atoms with E-state index in [9.17, 15) is 4.79 Å². The van der Waals surface area contributed by atoms with Crippen molar-refractivity contribution in [1.82, 2.24) is 14.8 Å². The van der Waals surface area contributed by atoms with Crippen LogP contribution in [0.4, 0.5) is 11.5 Å². The molecule has 8 heteroatoms. The molecule has 0 bridgehead atoms. The average molecular weight is 400 g/mol. The van der Waals surface area contributed by atoms with Crippen LogP contribution >= 0.6 is 11.6 Å². The molecule has 3 rings (SSSR count). The fraction of sp³-hybridized carbons (Fsp3) is 0.250. The maximum atomic E-state index is 12.5. The molecule has 0 radical (unpaired) electrons. The minimum Gasteiger partial charge on any atom is -0.482 e. The Balaban J connectivity index is 1.72. The highest BCUT2D eigenvalue weighted by atomic mass is 35.5. The maximum Gasteiger partial charge on any atom is 0.258 e. The summed E-state index contributed by atoms with van der Waals surface area (Å²) in [6, 6.07) is 9.24. The summed E-state index contributed by atoms with van der Waals surface area (Å²) < 4.78 is 7.63. The number of halogens is 1. The van der Waals surface area contributed by atoms with E-state index in [1.54, 1.807) is 23.1 Å². The van der Waals surface area contributed by atoms with Gasteiger partial charge < -0.3 is 15.8 Å². The zero-order chi connectivity index (χ0) is 20.3. The predicted octanol–water partition coefficient (Wildman–Crippen LogP) is 4.49. The van der Waals surface area contributed by atoms with Crippen LogP contribution in [0.2, 0.25) is 5.02 Å². The molecule has 0 spiro atoms. The molecule has 3 N–H and O–H groups in total. The lowest BCUT2D eigenvalue weighted by Gasteiger charge is -2.17. The lowest BCUT2D eigenvalue weighted by molar-refractivity contribution is 0.102. The number of aromatic nitrogens is 3. The smallest absolute Gasteiger partial charge is 0.258 e. The topological polar surface area (TPSA) is 95.1 Å². The summed E-state index contributed by atoms with van der Waals surface area (Å²) in [5.41, 5.74) is 7.87. The third-order valence-corrected chi connectivity index (χ3v) is 4.37. The number of ether oxygens (including phenoxy) is 1. The van der Waals surface area contributed by atoms with Gasteiger partial charge in [0, 0.05) is 30.2 Å². The van der Waals surface area contributed by atoms with Gasteiger partial charge in [-0.3, -0.25) is 9.48 Å². The normalized spacial score (nSPS) is 12.0. The molecular weight excluding hydrogens is 378 g/mol. The average Bonchev–Trinajstić information content (AvgIpc) is 3.15. The number of nitrogens with one attached hydrogen (secondary N) is 1. The third kappa shape index (κ3) is 4.61. The van der Waals surface area contributed by atoms with Crippen molar-refractivity contribution in [2.45, 2.75) is 32.9 Å². The second-order valence-electron chi connectivity index (χ2n) is 6.68.